The minimum absolute atomic E-state index is 0.152. The van der Waals surface area contributed by atoms with Gasteiger partial charge in [-0.15, -0.1) is 0 Å². The van der Waals surface area contributed by atoms with Crippen LogP contribution < -0.4 is 5.32 Å². The number of carboxylic acids is 1. The van der Waals surface area contributed by atoms with E-state index in [0.29, 0.717) is 29.8 Å². The number of rotatable bonds is 8. The number of carboxylic acid groups (broad SMARTS) is 1. The molecule has 0 aromatic heterocycles. The topological polar surface area (TPSA) is 75.6 Å². The zero-order chi connectivity index (χ0) is 18.6. The van der Waals surface area contributed by atoms with Gasteiger partial charge in [0.2, 0.25) is 0 Å². The Morgan fingerprint density at radius 2 is 1.62 bits per heavy atom. The molecule has 2 aromatic rings. The third-order valence-corrected chi connectivity index (χ3v) is 5.04. The fourth-order valence-corrected chi connectivity index (χ4v) is 3.19. The van der Waals surface area contributed by atoms with E-state index in [1.165, 1.54) is 0 Å². The van der Waals surface area contributed by atoms with Gasteiger partial charge in [-0.1, -0.05) is 36.4 Å². The molecule has 1 aliphatic carbocycles. The van der Waals surface area contributed by atoms with Gasteiger partial charge in [0, 0.05) is 25.8 Å². The number of ether oxygens (including phenoxy) is 1. The molecule has 2 N–H and O–H groups in total. The molecule has 1 amide bonds. The first kappa shape index (κ1) is 18.1. The van der Waals surface area contributed by atoms with Crippen molar-refractivity contribution in [2.24, 2.45) is 5.41 Å². The van der Waals surface area contributed by atoms with E-state index in [0.717, 1.165) is 19.3 Å². The molecule has 5 heteroatoms. The Kier molecular flexibility index (Phi) is 5.38. The molecule has 1 saturated carbocycles. The molecule has 0 heterocycles. The third kappa shape index (κ3) is 3.94. The molecule has 5 nitrogen and oxygen atoms in total. The molecule has 0 radical (unpaired) electrons. The van der Waals surface area contributed by atoms with Crippen molar-refractivity contribution >= 4 is 11.9 Å². The molecule has 0 aliphatic heterocycles. The Bertz CT molecular complexity index is 811. The zero-order valence-corrected chi connectivity index (χ0v) is 14.8. The van der Waals surface area contributed by atoms with E-state index < -0.39 is 5.97 Å². The smallest absolute Gasteiger partial charge is 0.336 e. The molecular formula is C21H23NO4. The van der Waals surface area contributed by atoms with Crippen LogP contribution in [0.2, 0.25) is 0 Å². The summed E-state index contributed by atoms with van der Waals surface area (Å²) in [5.41, 5.74) is 2.01. The molecule has 0 saturated heterocycles. The van der Waals surface area contributed by atoms with Gasteiger partial charge in [-0.2, -0.15) is 0 Å². The number of carbonyl (C=O) groups is 2. The summed E-state index contributed by atoms with van der Waals surface area (Å²) in [6.45, 7) is 1.31. The van der Waals surface area contributed by atoms with Crippen LogP contribution >= 0.6 is 0 Å². The second kappa shape index (κ2) is 7.70. The molecule has 1 aliphatic rings. The van der Waals surface area contributed by atoms with Crippen molar-refractivity contribution in [2.75, 3.05) is 20.3 Å². The lowest BCUT2D eigenvalue weighted by molar-refractivity contribution is 0.0697. The van der Waals surface area contributed by atoms with E-state index in [1.54, 1.807) is 49.6 Å². The number of carbonyl (C=O) groups excluding carboxylic acids is 1. The van der Waals surface area contributed by atoms with Gasteiger partial charge in [-0.25, -0.2) is 4.79 Å². The SMILES string of the molecule is COCCC1(CNC(=O)c2ccccc2-c2ccccc2C(=O)O)CC1. The van der Waals surface area contributed by atoms with Gasteiger partial charge in [0.05, 0.1) is 5.56 Å². The van der Waals surface area contributed by atoms with Crippen molar-refractivity contribution in [1.82, 2.24) is 5.32 Å². The average Bonchev–Trinajstić information content (AvgIpc) is 3.45. The summed E-state index contributed by atoms with van der Waals surface area (Å²) in [7, 11) is 1.69. The Morgan fingerprint density at radius 1 is 1.04 bits per heavy atom. The van der Waals surface area contributed by atoms with Gasteiger partial charge in [0.15, 0.2) is 0 Å². The van der Waals surface area contributed by atoms with Crippen LogP contribution in [0.3, 0.4) is 0 Å². The van der Waals surface area contributed by atoms with E-state index in [2.05, 4.69) is 5.32 Å². The number of amides is 1. The maximum atomic E-state index is 12.8. The van der Waals surface area contributed by atoms with Gasteiger partial charge in [-0.3, -0.25) is 4.79 Å². The number of nitrogens with one attached hydrogen (secondary N) is 1. The van der Waals surface area contributed by atoms with E-state index in [1.807, 2.05) is 6.07 Å². The minimum atomic E-state index is -1.01. The Balaban J connectivity index is 1.82. The van der Waals surface area contributed by atoms with Crippen molar-refractivity contribution < 1.29 is 19.4 Å². The number of hydrogen-bond acceptors (Lipinski definition) is 3. The first-order valence-electron chi connectivity index (χ1n) is 8.75. The lowest BCUT2D eigenvalue weighted by Gasteiger charge is -2.17. The summed E-state index contributed by atoms with van der Waals surface area (Å²) >= 11 is 0. The number of hydrogen-bond donors (Lipinski definition) is 2. The normalized spacial score (nSPS) is 14.7. The molecular weight excluding hydrogens is 330 g/mol. The second-order valence-corrected chi connectivity index (χ2v) is 6.82. The fourth-order valence-electron chi connectivity index (χ4n) is 3.19. The predicted molar refractivity (Wildman–Crippen MR) is 99.3 cm³/mol. The Labute approximate surface area is 153 Å². The Hall–Kier alpha value is -2.66. The summed E-state index contributed by atoms with van der Waals surface area (Å²) in [4.78, 5) is 24.3. The van der Waals surface area contributed by atoms with Crippen molar-refractivity contribution in [3.63, 3.8) is 0 Å². The van der Waals surface area contributed by atoms with Crippen LogP contribution in [0.5, 0.6) is 0 Å². The summed E-state index contributed by atoms with van der Waals surface area (Å²) < 4.78 is 5.15. The van der Waals surface area contributed by atoms with E-state index in [9.17, 15) is 14.7 Å². The average molecular weight is 353 g/mol. The van der Waals surface area contributed by atoms with Crippen molar-refractivity contribution in [3.8, 4) is 11.1 Å². The van der Waals surface area contributed by atoms with Gasteiger partial charge in [0.25, 0.3) is 5.91 Å². The van der Waals surface area contributed by atoms with Gasteiger partial charge in [-0.05, 0) is 47.9 Å². The van der Waals surface area contributed by atoms with Crippen molar-refractivity contribution in [3.05, 3.63) is 59.7 Å². The highest BCUT2D eigenvalue weighted by Gasteiger charge is 2.42. The van der Waals surface area contributed by atoms with Gasteiger partial charge >= 0.3 is 5.97 Å². The molecule has 2 aromatic carbocycles. The molecule has 136 valence electrons. The monoisotopic (exact) mass is 353 g/mol. The van der Waals surface area contributed by atoms with E-state index >= 15 is 0 Å². The molecule has 0 spiro atoms. The van der Waals surface area contributed by atoms with Crippen LogP contribution in [0, 0.1) is 5.41 Å². The highest BCUT2D eigenvalue weighted by Crippen LogP contribution is 2.48. The molecule has 0 atom stereocenters. The van der Waals surface area contributed by atoms with Crippen LogP contribution in [0.4, 0.5) is 0 Å². The summed E-state index contributed by atoms with van der Waals surface area (Å²) in [6.07, 6.45) is 3.13. The number of benzene rings is 2. The van der Waals surface area contributed by atoms with Crippen LogP contribution in [0.15, 0.2) is 48.5 Å². The summed E-state index contributed by atoms with van der Waals surface area (Å²) in [5.74, 6) is -1.18. The predicted octanol–water partition coefficient (Wildman–Crippen LogP) is 3.60. The highest BCUT2D eigenvalue weighted by atomic mass is 16.5. The summed E-state index contributed by atoms with van der Waals surface area (Å²) in [5, 5.41) is 12.5. The minimum Gasteiger partial charge on any atom is -0.478 e. The number of aromatic carboxylic acids is 1. The van der Waals surface area contributed by atoms with Crippen LogP contribution in [-0.2, 0) is 4.74 Å². The third-order valence-electron chi connectivity index (χ3n) is 5.04. The Morgan fingerprint density at radius 3 is 2.19 bits per heavy atom. The standard InChI is InChI=1S/C21H23NO4/c1-26-13-12-21(10-11-21)14-22-19(23)17-8-4-2-6-15(17)16-7-3-5-9-18(16)20(24)25/h2-9H,10-14H2,1H3,(H,22,23)(H,24,25). The van der Waals surface area contributed by atoms with Crippen LogP contribution in [0.1, 0.15) is 40.0 Å². The molecule has 3 rings (SSSR count). The quantitative estimate of drug-likeness (QED) is 0.760. The van der Waals surface area contributed by atoms with Crippen LogP contribution in [0.25, 0.3) is 11.1 Å². The second-order valence-electron chi connectivity index (χ2n) is 6.82. The first-order valence-corrected chi connectivity index (χ1v) is 8.75. The molecule has 1 fully saturated rings. The lowest BCUT2D eigenvalue weighted by Crippen LogP contribution is -2.31. The van der Waals surface area contributed by atoms with E-state index in [4.69, 9.17) is 4.74 Å². The maximum Gasteiger partial charge on any atom is 0.336 e. The maximum absolute atomic E-state index is 12.8. The zero-order valence-electron chi connectivity index (χ0n) is 14.8. The van der Waals surface area contributed by atoms with Crippen molar-refractivity contribution in [1.29, 1.82) is 0 Å². The van der Waals surface area contributed by atoms with Gasteiger partial charge in [0.1, 0.15) is 0 Å². The molecule has 0 bridgehead atoms. The highest BCUT2D eigenvalue weighted by molar-refractivity contribution is 6.04. The lowest BCUT2D eigenvalue weighted by atomic mass is 9.94. The van der Waals surface area contributed by atoms with Gasteiger partial charge < -0.3 is 15.2 Å². The molecule has 0 unspecified atom stereocenters. The number of methoxy groups -OCH3 is 1. The fraction of sp³-hybridized carbons (Fsp3) is 0.333. The first-order chi connectivity index (χ1) is 12.6. The van der Waals surface area contributed by atoms with E-state index in [-0.39, 0.29) is 16.9 Å². The van der Waals surface area contributed by atoms with Crippen molar-refractivity contribution in [2.45, 2.75) is 19.3 Å². The summed E-state index contributed by atoms with van der Waals surface area (Å²) in [6, 6.07) is 13.9. The largest absolute Gasteiger partial charge is 0.478 e. The molecule has 26 heavy (non-hydrogen) atoms. The van der Waals surface area contributed by atoms with Crippen LogP contribution in [-0.4, -0.2) is 37.2 Å².